The molecule has 1 amide bonds. The average Bonchev–Trinajstić information content (AvgIpc) is 3.03. The Kier molecular flexibility index (Phi) is 4.72. The molecule has 0 unspecified atom stereocenters. The van der Waals surface area contributed by atoms with Gasteiger partial charge < -0.3 is 10.0 Å². The number of aliphatic hydroxyl groups is 1. The van der Waals surface area contributed by atoms with E-state index in [0.29, 0.717) is 12.1 Å². The van der Waals surface area contributed by atoms with E-state index >= 15 is 0 Å². The number of likely N-dealkylation sites (tertiary alicyclic amines) is 1. The van der Waals surface area contributed by atoms with E-state index < -0.39 is 6.10 Å². The molecule has 0 saturated carbocycles. The molecular formula is C19H22N2O2. The van der Waals surface area contributed by atoms with Crippen molar-refractivity contribution >= 4 is 5.91 Å². The lowest BCUT2D eigenvalue weighted by Gasteiger charge is -2.26. The summed E-state index contributed by atoms with van der Waals surface area (Å²) in [5, 5.41) is 10.4. The van der Waals surface area contributed by atoms with Gasteiger partial charge in [0.2, 0.25) is 0 Å². The minimum Gasteiger partial charge on any atom is -0.388 e. The van der Waals surface area contributed by atoms with Crippen LogP contribution in [0.25, 0.3) is 0 Å². The number of hydrogen-bond acceptors (Lipinski definition) is 3. The normalized spacial score (nSPS) is 18.9. The van der Waals surface area contributed by atoms with E-state index in [9.17, 15) is 9.90 Å². The van der Waals surface area contributed by atoms with Crippen molar-refractivity contribution in [1.29, 1.82) is 0 Å². The highest BCUT2D eigenvalue weighted by molar-refractivity contribution is 5.92. The van der Waals surface area contributed by atoms with Crippen LogP contribution in [-0.4, -0.2) is 33.5 Å². The van der Waals surface area contributed by atoms with Crippen LogP contribution in [-0.2, 0) is 0 Å². The third kappa shape index (κ3) is 3.59. The zero-order valence-corrected chi connectivity index (χ0v) is 13.4. The van der Waals surface area contributed by atoms with Crippen molar-refractivity contribution in [1.82, 2.24) is 9.88 Å². The number of hydrogen-bond donors (Lipinski definition) is 1. The summed E-state index contributed by atoms with van der Waals surface area (Å²) in [4.78, 5) is 18.9. The second kappa shape index (κ2) is 6.92. The summed E-state index contributed by atoms with van der Waals surface area (Å²) in [5.74, 6) is -0.0311. The Hall–Kier alpha value is -2.20. The molecule has 0 radical (unpaired) electrons. The van der Waals surface area contributed by atoms with Gasteiger partial charge >= 0.3 is 0 Å². The number of carbonyl (C=O) groups is 1. The Morgan fingerprint density at radius 3 is 2.78 bits per heavy atom. The first-order valence-electron chi connectivity index (χ1n) is 8.13. The lowest BCUT2D eigenvalue weighted by atomic mass is 10.0. The van der Waals surface area contributed by atoms with Crippen molar-refractivity contribution in [3.63, 3.8) is 0 Å². The molecule has 0 spiro atoms. The van der Waals surface area contributed by atoms with Crippen LogP contribution in [0, 0.1) is 6.92 Å². The molecule has 1 aromatic heterocycles. The number of aromatic nitrogens is 1. The van der Waals surface area contributed by atoms with E-state index in [2.05, 4.69) is 4.98 Å². The number of aliphatic hydroxyl groups excluding tert-OH is 1. The van der Waals surface area contributed by atoms with Gasteiger partial charge in [-0.15, -0.1) is 0 Å². The fraction of sp³-hybridized carbons (Fsp3) is 0.368. The Morgan fingerprint density at radius 2 is 2.04 bits per heavy atom. The van der Waals surface area contributed by atoms with Gasteiger partial charge in [0.05, 0.1) is 6.10 Å². The summed E-state index contributed by atoms with van der Waals surface area (Å²) in [6.45, 7) is 2.62. The summed E-state index contributed by atoms with van der Waals surface area (Å²) in [7, 11) is 0. The van der Waals surface area contributed by atoms with Crippen molar-refractivity contribution in [2.75, 3.05) is 6.54 Å². The standard InChI is InChI=1S/C19H22N2O2/c1-14-7-5-11-17(20-14)19(23)21-12-6-10-16(21)13-18(22)15-8-3-2-4-9-15/h2-5,7-9,11,16,18,22H,6,10,12-13H2,1H3/t16-,18+/m0/s1. The molecule has 2 aromatic rings. The number of aryl methyl sites for hydroxylation is 1. The molecule has 1 fully saturated rings. The maximum Gasteiger partial charge on any atom is 0.272 e. The first kappa shape index (κ1) is 15.7. The maximum atomic E-state index is 12.7. The van der Waals surface area contributed by atoms with Crippen molar-refractivity contribution in [2.24, 2.45) is 0 Å². The first-order chi connectivity index (χ1) is 11.1. The monoisotopic (exact) mass is 310 g/mol. The number of pyridine rings is 1. The molecule has 1 saturated heterocycles. The molecule has 120 valence electrons. The van der Waals surface area contributed by atoms with E-state index in [-0.39, 0.29) is 11.9 Å². The Labute approximate surface area is 136 Å². The van der Waals surface area contributed by atoms with Crippen molar-refractivity contribution in [2.45, 2.75) is 38.3 Å². The van der Waals surface area contributed by atoms with Crippen molar-refractivity contribution in [3.8, 4) is 0 Å². The molecule has 4 heteroatoms. The van der Waals surface area contributed by atoms with Gasteiger partial charge in [-0.05, 0) is 43.9 Å². The minimum absolute atomic E-state index is 0.0311. The van der Waals surface area contributed by atoms with E-state index in [0.717, 1.165) is 30.6 Å². The van der Waals surface area contributed by atoms with Gasteiger partial charge in [0.25, 0.3) is 5.91 Å². The van der Waals surface area contributed by atoms with Crippen LogP contribution in [0.4, 0.5) is 0 Å². The number of carbonyl (C=O) groups excluding carboxylic acids is 1. The fourth-order valence-electron chi connectivity index (χ4n) is 3.23. The van der Waals surface area contributed by atoms with Crippen LogP contribution in [0.15, 0.2) is 48.5 Å². The molecule has 4 nitrogen and oxygen atoms in total. The van der Waals surface area contributed by atoms with Gasteiger partial charge in [0, 0.05) is 18.3 Å². The largest absolute Gasteiger partial charge is 0.388 e. The van der Waals surface area contributed by atoms with Crippen LogP contribution in [0.2, 0.25) is 0 Å². The molecule has 2 heterocycles. The van der Waals surface area contributed by atoms with E-state index in [4.69, 9.17) is 0 Å². The Balaban J connectivity index is 1.71. The predicted molar refractivity (Wildman–Crippen MR) is 89.1 cm³/mol. The number of rotatable bonds is 4. The molecular weight excluding hydrogens is 288 g/mol. The van der Waals surface area contributed by atoms with Crippen LogP contribution in [0.1, 0.15) is 47.1 Å². The SMILES string of the molecule is Cc1cccc(C(=O)N2CCC[C@H]2C[C@@H](O)c2ccccc2)n1. The zero-order chi connectivity index (χ0) is 16.2. The zero-order valence-electron chi connectivity index (χ0n) is 13.4. The molecule has 3 rings (SSSR count). The number of benzene rings is 1. The van der Waals surface area contributed by atoms with E-state index in [1.54, 1.807) is 6.07 Å². The second-order valence-electron chi connectivity index (χ2n) is 6.12. The molecule has 0 aliphatic carbocycles. The fourth-order valence-corrected chi connectivity index (χ4v) is 3.23. The molecule has 1 aromatic carbocycles. The molecule has 1 aliphatic heterocycles. The highest BCUT2D eigenvalue weighted by Gasteiger charge is 2.31. The third-order valence-corrected chi connectivity index (χ3v) is 4.43. The summed E-state index contributed by atoms with van der Waals surface area (Å²) >= 11 is 0. The van der Waals surface area contributed by atoms with E-state index in [1.165, 1.54) is 0 Å². The highest BCUT2D eigenvalue weighted by atomic mass is 16.3. The Morgan fingerprint density at radius 1 is 1.26 bits per heavy atom. The smallest absolute Gasteiger partial charge is 0.272 e. The highest BCUT2D eigenvalue weighted by Crippen LogP contribution is 2.28. The quantitative estimate of drug-likeness (QED) is 0.944. The molecule has 0 bridgehead atoms. The van der Waals surface area contributed by atoms with Gasteiger partial charge in [-0.1, -0.05) is 36.4 Å². The average molecular weight is 310 g/mol. The van der Waals surface area contributed by atoms with Gasteiger partial charge in [-0.25, -0.2) is 4.98 Å². The van der Waals surface area contributed by atoms with Crippen LogP contribution >= 0.6 is 0 Å². The van der Waals surface area contributed by atoms with Gasteiger partial charge in [0.15, 0.2) is 0 Å². The summed E-state index contributed by atoms with van der Waals surface area (Å²) < 4.78 is 0. The molecule has 1 N–H and O–H groups in total. The van der Waals surface area contributed by atoms with Gasteiger partial charge in [0.1, 0.15) is 5.69 Å². The summed E-state index contributed by atoms with van der Waals surface area (Å²) in [5.41, 5.74) is 2.24. The summed E-state index contributed by atoms with van der Waals surface area (Å²) in [6.07, 6.45) is 1.94. The van der Waals surface area contributed by atoms with Crippen LogP contribution in [0.5, 0.6) is 0 Å². The summed E-state index contributed by atoms with van der Waals surface area (Å²) in [6, 6.07) is 15.2. The topological polar surface area (TPSA) is 53.4 Å². The molecule has 23 heavy (non-hydrogen) atoms. The maximum absolute atomic E-state index is 12.7. The number of nitrogens with zero attached hydrogens (tertiary/aromatic N) is 2. The predicted octanol–water partition coefficient (Wildman–Crippen LogP) is 3.12. The van der Waals surface area contributed by atoms with Gasteiger partial charge in [-0.3, -0.25) is 4.79 Å². The van der Waals surface area contributed by atoms with Crippen LogP contribution in [0.3, 0.4) is 0 Å². The lowest BCUT2D eigenvalue weighted by molar-refractivity contribution is 0.0661. The number of amides is 1. The van der Waals surface area contributed by atoms with Crippen molar-refractivity contribution in [3.05, 3.63) is 65.5 Å². The Bertz CT molecular complexity index is 672. The van der Waals surface area contributed by atoms with Crippen LogP contribution < -0.4 is 0 Å². The second-order valence-corrected chi connectivity index (χ2v) is 6.12. The van der Waals surface area contributed by atoms with E-state index in [1.807, 2.05) is 54.3 Å². The third-order valence-electron chi connectivity index (χ3n) is 4.43. The van der Waals surface area contributed by atoms with Crippen molar-refractivity contribution < 1.29 is 9.90 Å². The molecule has 1 aliphatic rings. The molecule has 2 atom stereocenters. The van der Waals surface area contributed by atoms with Gasteiger partial charge in [-0.2, -0.15) is 0 Å². The first-order valence-corrected chi connectivity index (χ1v) is 8.13. The minimum atomic E-state index is -0.542. The lowest BCUT2D eigenvalue weighted by Crippen LogP contribution is -2.37.